The van der Waals surface area contributed by atoms with E-state index in [1.807, 2.05) is 30.3 Å². The van der Waals surface area contributed by atoms with E-state index in [0.717, 1.165) is 5.69 Å². The second-order valence-electron chi connectivity index (χ2n) is 8.56. The number of benzene rings is 4. The minimum Gasteiger partial charge on any atom is -0.280 e. The van der Waals surface area contributed by atoms with E-state index in [9.17, 15) is 17.6 Å². The first-order chi connectivity index (χ1) is 19.3. The lowest BCUT2D eigenvalue weighted by molar-refractivity contribution is 0.0955. The Hall–Kier alpha value is -4.80. The minimum absolute atomic E-state index is 0.0589. The molecule has 0 atom stereocenters. The molecule has 2 N–H and O–H groups in total. The van der Waals surface area contributed by atoms with Gasteiger partial charge in [0.05, 0.1) is 16.8 Å². The van der Waals surface area contributed by atoms with Crippen molar-refractivity contribution in [1.29, 1.82) is 0 Å². The Labute approximate surface area is 234 Å². The van der Waals surface area contributed by atoms with Crippen LogP contribution < -0.4 is 10.1 Å². The molecule has 0 saturated carbocycles. The molecule has 5 rings (SSSR count). The van der Waals surface area contributed by atoms with Gasteiger partial charge in [-0.25, -0.2) is 22.9 Å². The van der Waals surface area contributed by atoms with Crippen LogP contribution in [-0.4, -0.2) is 30.3 Å². The van der Waals surface area contributed by atoms with Gasteiger partial charge in [0.1, 0.15) is 11.5 Å². The summed E-state index contributed by atoms with van der Waals surface area (Å²) in [5, 5.41) is 9.14. The van der Waals surface area contributed by atoms with Gasteiger partial charge in [-0.1, -0.05) is 29.8 Å². The van der Waals surface area contributed by atoms with Crippen LogP contribution in [0.1, 0.15) is 15.9 Å². The van der Waals surface area contributed by atoms with E-state index in [1.165, 1.54) is 66.9 Å². The molecule has 1 heterocycles. The quantitative estimate of drug-likeness (QED) is 0.178. The maximum absolute atomic E-state index is 13.5. The third-order valence-corrected chi connectivity index (χ3v) is 7.42. The van der Waals surface area contributed by atoms with Crippen molar-refractivity contribution in [1.82, 2.24) is 15.2 Å². The number of halogens is 2. The number of amides is 1. The average Bonchev–Trinajstić information content (AvgIpc) is 3.38. The summed E-state index contributed by atoms with van der Waals surface area (Å²) in [7, 11) is -3.82. The first-order valence-electron chi connectivity index (χ1n) is 11.9. The number of nitrogens with one attached hydrogen (secondary N) is 2. The van der Waals surface area contributed by atoms with E-state index in [2.05, 4.69) is 20.3 Å². The number of rotatable bonds is 8. The Morgan fingerprint density at radius 2 is 1.57 bits per heavy atom. The molecule has 0 spiro atoms. The van der Waals surface area contributed by atoms with Crippen LogP contribution in [0, 0.1) is 5.82 Å². The molecule has 200 valence electrons. The molecule has 4 aromatic carbocycles. The van der Waals surface area contributed by atoms with Crippen LogP contribution in [0.15, 0.2) is 119 Å². The third kappa shape index (κ3) is 6.25. The van der Waals surface area contributed by atoms with Crippen LogP contribution in [0.3, 0.4) is 0 Å². The lowest BCUT2D eigenvalue weighted by atomic mass is 10.1. The molecule has 0 saturated heterocycles. The predicted octanol–water partition coefficient (Wildman–Crippen LogP) is 5.90. The molecule has 0 aliphatic heterocycles. The molecule has 0 bridgehead atoms. The molecule has 0 aliphatic carbocycles. The Balaban J connectivity index is 1.30. The highest BCUT2D eigenvalue weighted by Gasteiger charge is 2.15. The number of anilines is 1. The van der Waals surface area contributed by atoms with Crippen molar-refractivity contribution < 1.29 is 17.6 Å². The number of hydrogen-bond donors (Lipinski definition) is 2. The van der Waals surface area contributed by atoms with Crippen molar-refractivity contribution in [2.24, 2.45) is 5.10 Å². The summed E-state index contributed by atoms with van der Waals surface area (Å²) in [4.78, 5) is 12.7. The van der Waals surface area contributed by atoms with Crippen molar-refractivity contribution in [3.05, 3.63) is 131 Å². The normalized spacial score (nSPS) is 11.4. The van der Waals surface area contributed by atoms with Crippen molar-refractivity contribution in [3.63, 3.8) is 0 Å². The smallest absolute Gasteiger partial charge is 0.271 e. The number of hydrazone groups is 1. The number of para-hydroxylation sites is 1. The number of hydrogen-bond acceptors (Lipinski definition) is 5. The van der Waals surface area contributed by atoms with Crippen LogP contribution in [0.25, 0.3) is 16.9 Å². The molecule has 0 unspecified atom stereocenters. The van der Waals surface area contributed by atoms with Gasteiger partial charge in [-0.15, -0.1) is 0 Å². The summed E-state index contributed by atoms with van der Waals surface area (Å²) >= 11 is 5.83. The Morgan fingerprint density at radius 1 is 0.900 bits per heavy atom. The van der Waals surface area contributed by atoms with Gasteiger partial charge in [-0.05, 0) is 84.9 Å². The predicted molar refractivity (Wildman–Crippen MR) is 153 cm³/mol. The fourth-order valence-electron chi connectivity index (χ4n) is 3.77. The van der Waals surface area contributed by atoms with Crippen LogP contribution in [0.4, 0.5) is 10.1 Å². The molecule has 40 heavy (non-hydrogen) atoms. The van der Waals surface area contributed by atoms with Crippen molar-refractivity contribution >= 4 is 39.4 Å². The zero-order chi connectivity index (χ0) is 28.1. The molecule has 0 aliphatic rings. The monoisotopic (exact) mass is 573 g/mol. The molecule has 1 aromatic heterocycles. The standard InChI is InChI=1S/C29H21ClFN5O3S/c30-23-10-16-27(17-11-23)40(38,39)35-25-14-8-21(9-15-25)29(37)33-32-18-22-19-36(26-4-2-1-3-5-26)34-28(22)20-6-12-24(31)13-7-20/h1-19,35H,(H,33,37)/b32-18+. The van der Waals surface area contributed by atoms with Crippen LogP contribution in [-0.2, 0) is 10.0 Å². The SMILES string of the molecule is O=C(N/N=C/c1cn(-c2ccccc2)nc1-c1ccc(F)cc1)c1ccc(NS(=O)(=O)c2ccc(Cl)cc2)cc1. The first-order valence-corrected chi connectivity index (χ1v) is 13.8. The first kappa shape index (κ1) is 26.8. The molecular weight excluding hydrogens is 553 g/mol. The molecule has 0 radical (unpaired) electrons. The number of carbonyl (C=O) groups excluding carboxylic acids is 1. The number of aromatic nitrogens is 2. The second-order valence-corrected chi connectivity index (χ2v) is 10.7. The fraction of sp³-hybridized carbons (Fsp3) is 0. The molecular formula is C29H21ClFN5O3S. The van der Waals surface area contributed by atoms with E-state index in [0.29, 0.717) is 21.8 Å². The van der Waals surface area contributed by atoms with Gasteiger partial charge in [-0.2, -0.15) is 10.2 Å². The number of nitrogens with zero attached hydrogens (tertiary/aromatic N) is 3. The van der Waals surface area contributed by atoms with E-state index in [-0.39, 0.29) is 22.0 Å². The van der Waals surface area contributed by atoms with Crippen molar-refractivity contribution in [2.75, 3.05) is 4.72 Å². The lowest BCUT2D eigenvalue weighted by Gasteiger charge is -2.08. The highest BCUT2D eigenvalue weighted by molar-refractivity contribution is 7.92. The fourth-order valence-corrected chi connectivity index (χ4v) is 4.95. The molecule has 1 amide bonds. The maximum atomic E-state index is 13.5. The van der Waals surface area contributed by atoms with Gasteiger partial charge in [0.25, 0.3) is 15.9 Å². The Bertz CT molecular complexity index is 1770. The van der Waals surface area contributed by atoms with E-state index in [1.54, 1.807) is 23.0 Å². The maximum Gasteiger partial charge on any atom is 0.271 e. The van der Waals surface area contributed by atoms with Crippen LogP contribution in [0.2, 0.25) is 5.02 Å². The topological polar surface area (TPSA) is 105 Å². The Morgan fingerprint density at radius 3 is 2.25 bits per heavy atom. The number of carbonyl (C=O) groups is 1. The van der Waals surface area contributed by atoms with Gasteiger partial charge in [-0.3, -0.25) is 9.52 Å². The van der Waals surface area contributed by atoms with Crippen molar-refractivity contribution in [3.8, 4) is 16.9 Å². The number of sulfonamides is 1. The molecule has 0 fully saturated rings. The molecule has 8 nitrogen and oxygen atoms in total. The van der Waals surface area contributed by atoms with Gasteiger partial charge < -0.3 is 0 Å². The van der Waals surface area contributed by atoms with E-state index < -0.39 is 15.9 Å². The summed E-state index contributed by atoms with van der Waals surface area (Å²) in [6.07, 6.45) is 3.21. The zero-order valence-electron chi connectivity index (χ0n) is 20.7. The third-order valence-electron chi connectivity index (χ3n) is 5.77. The highest BCUT2D eigenvalue weighted by Crippen LogP contribution is 2.23. The summed E-state index contributed by atoms with van der Waals surface area (Å²) < 4.78 is 42.8. The van der Waals surface area contributed by atoms with E-state index >= 15 is 0 Å². The van der Waals surface area contributed by atoms with Gasteiger partial charge in [0.15, 0.2) is 0 Å². The summed E-state index contributed by atoms with van der Waals surface area (Å²) in [6, 6.07) is 27.0. The van der Waals surface area contributed by atoms with Gasteiger partial charge in [0.2, 0.25) is 0 Å². The Kier molecular flexibility index (Phi) is 7.72. The zero-order valence-corrected chi connectivity index (χ0v) is 22.3. The summed E-state index contributed by atoms with van der Waals surface area (Å²) in [5.41, 5.74) is 5.67. The molecule has 5 aromatic rings. The second kappa shape index (κ2) is 11.5. The van der Waals surface area contributed by atoms with Crippen LogP contribution in [0.5, 0.6) is 0 Å². The van der Waals surface area contributed by atoms with Crippen molar-refractivity contribution in [2.45, 2.75) is 4.90 Å². The van der Waals surface area contributed by atoms with E-state index in [4.69, 9.17) is 11.6 Å². The highest BCUT2D eigenvalue weighted by atomic mass is 35.5. The molecule has 11 heteroatoms. The minimum atomic E-state index is -3.82. The summed E-state index contributed by atoms with van der Waals surface area (Å²) in [6.45, 7) is 0. The van der Waals surface area contributed by atoms with Crippen LogP contribution >= 0.6 is 11.6 Å². The average molecular weight is 574 g/mol. The van der Waals surface area contributed by atoms with Gasteiger partial charge >= 0.3 is 0 Å². The lowest BCUT2D eigenvalue weighted by Crippen LogP contribution is -2.18. The summed E-state index contributed by atoms with van der Waals surface area (Å²) in [5.74, 6) is -0.861. The largest absolute Gasteiger partial charge is 0.280 e. The van der Waals surface area contributed by atoms with Gasteiger partial charge in [0, 0.05) is 33.6 Å².